The van der Waals surface area contributed by atoms with Gasteiger partial charge in [-0.15, -0.1) is 0 Å². The highest BCUT2D eigenvalue weighted by atomic mass is 19.1. The Labute approximate surface area is 104 Å². The quantitative estimate of drug-likeness (QED) is 0.901. The SMILES string of the molecule is Cc1ncnc(Oc2ccc(CCO)cc2)c1F. The summed E-state index contributed by atoms with van der Waals surface area (Å²) in [6.07, 6.45) is 1.84. The summed E-state index contributed by atoms with van der Waals surface area (Å²) in [4.78, 5) is 7.47. The van der Waals surface area contributed by atoms with E-state index in [2.05, 4.69) is 9.97 Å². The van der Waals surface area contributed by atoms with Crippen LogP contribution in [0.2, 0.25) is 0 Å². The molecule has 0 spiro atoms. The zero-order chi connectivity index (χ0) is 13.0. The van der Waals surface area contributed by atoms with Gasteiger partial charge in [-0.05, 0) is 31.0 Å². The lowest BCUT2D eigenvalue weighted by molar-refractivity contribution is 0.299. The molecule has 0 amide bonds. The van der Waals surface area contributed by atoms with Crippen LogP contribution < -0.4 is 4.74 Å². The number of aliphatic hydroxyl groups is 1. The zero-order valence-electron chi connectivity index (χ0n) is 9.93. The maximum absolute atomic E-state index is 13.6. The van der Waals surface area contributed by atoms with Gasteiger partial charge in [0.05, 0.1) is 5.69 Å². The molecule has 0 saturated heterocycles. The molecule has 2 aromatic rings. The number of rotatable bonds is 4. The first-order valence-electron chi connectivity index (χ1n) is 5.55. The number of hydrogen-bond acceptors (Lipinski definition) is 4. The Balaban J connectivity index is 2.16. The average Bonchev–Trinajstić information content (AvgIpc) is 2.38. The maximum Gasteiger partial charge on any atom is 0.259 e. The summed E-state index contributed by atoms with van der Waals surface area (Å²) in [5, 5.41) is 8.79. The molecule has 0 aliphatic rings. The van der Waals surface area contributed by atoms with Crippen molar-refractivity contribution in [2.45, 2.75) is 13.3 Å². The first kappa shape index (κ1) is 12.4. The third kappa shape index (κ3) is 2.81. The number of nitrogens with zero attached hydrogens (tertiary/aromatic N) is 2. The standard InChI is InChI=1S/C13H13FN2O2/c1-9-12(14)13(16-8-15-9)18-11-4-2-10(3-5-11)6-7-17/h2-5,8,17H,6-7H2,1H3. The first-order chi connectivity index (χ1) is 8.70. The van der Waals surface area contributed by atoms with E-state index in [9.17, 15) is 4.39 Å². The van der Waals surface area contributed by atoms with E-state index < -0.39 is 5.82 Å². The van der Waals surface area contributed by atoms with Gasteiger partial charge in [-0.25, -0.2) is 4.98 Å². The van der Waals surface area contributed by atoms with E-state index in [1.165, 1.54) is 6.33 Å². The Morgan fingerprint density at radius 1 is 1.22 bits per heavy atom. The van der Waals surface area contributed by atoms with Crippen molar-refractivity contribution in [2.75, 3.05) is 6.61 Å². The minimum Gasteiger partial charge on any atom is -0.436 e. The molecule has 1 aromatic carbocycles. The summed E-state index contributed by atoms with van der Waals surface area (Å²) >= 11 is 0. The van der Waals surface area contributed by atoms with Crippen LogP contribution in [0.4, 0.5) is 4.39 Å². The molecule has 1 aromatic heterocycles. The number of ether oxygens (including phenoxy) is 1. The van der Waals surface area contributed by atoms with E-state index >= 15 is 0 Å². The van der Waals surface area contributed by atoms with Crippen LogP contribution in [0.1, 0.15) is 11.3 Å². The molecule has 0 saturated carbocycles. The van der Waals surface area contributed by atoms with Crippen LogP contribution in [0.15, 0.2) is 30.6 Å². The van der Waals surface area contributed by atoms with Crippen molar-refractivity contribution >= 4 is 0 Å². The number of hydrogen-bond donors (Lipinski definition) is 1. The average molecular weight is 248 g/mol. The monoisotopic (exact) mass is 248 g/mol. The Morgan fingerprint density at radius 3 is 2.61 bits per heavy atom. The van der Waals surface area contributed by atoms with Gasteiger partial charge in [0.15, 0.2) is 0 Å². The van der Waals surface area contributed by atoms with E-state index in [0.29, 0.717) is 12.2 Å². The fraction of sp³-hybridized carbons (Fsp3) is 0.231. The van der Waals surface area contributed by atoms with Gasteiger partial charge < -0.3 is 9.84 Å². The molecule has 1 heterocycles. The predicted molar refractivity (Wildman–Crippen MR) is 64.0 cm³/mol. The third-order valence-electron chi connectivity index (χ3n) is 2.47. The van der Waals surface area contributed by atoms with Gasteiger partial charge in [0, 0.05) is 6.61 Å². The van der Waals surface area contributed by atoms with Crippen molar-refractivity contribution in [1.29, 1.82) is 0 Å². The molecule has 0 unspecified atom stereocenters. The molecular formula is C13H13FN2O2. The van der Waals surface area contributed by atoms with Gasteiger partial charge in [0.25, 0.3) is 5.88 Å². The lowest BCUT2D eigenvalue weighted by Gasteiger charge is -2.07. The van der Waals surface area contributed by atoms with Gasteiger partial charge >= 0.3 is 0 Å². The molecule has 0 aliphatic heterocycles. The summed E-state index contributed by atoms with van der Waals surface area (Å²) in [5.41, 5.74) is 1.24. The highest BCUT2D eigenvalue weighted by Gasteiger charge is 2.09. The van der Waals surface area contributed by atoms with Crippen LogP contribution in [0.5, 0.6) is 11.6 Å². The van der Waals surface area contributed by atoms with Crippen LogP contribution in [-0.4, -0.2) is 21.7 Å². The Bertz CT molecular complexity index is 529. The van der Waals surface area contributed by atoms with Crippen molar-refractivity contribution in [1.82, 2.24) is 9.97 Å². The Hall–Kier alpha value is -2.01. The lowest BCUT2D eigenvalue weighted by Crippen LogP contribution is -1.97. The van der Waals surface area contributed by atoms with Crippen LogP contribution >= 0.6 is 0 Å². The predicted octanol–water partition coefficient (Wildman–Crippen LogP) is 2.25. The molecule has 0 fully saturated rings. The number of aromatic nitrogens is 2. The van der Waals surface area contributed by atoms with Crippen molar-refractivity contribution in [2.24, 2.45) is 0 Å². The van der Waals surface area contributed by atoms with E-state index in [1.54, 1.807) is 19.1 Å². The van der Waals surface area contributed by atoms with Gasteiger partial charge in [-0.1, -0.05) is 12.1 Å². The first-order valence-corrected chi connectivity index (χ1v) is 5.55. The van der Waals surface area contributed by atoms with Gasteiger partial charge in [-0.2, -0.15) is 9.37 Å². The summed E-state index contributed by atoms with van der Waals surface area (Å²) in [5.74, 6) is -0.150. The molecule has 0 atom stereocenters. The second kappa shape index (κ2) is 5.55. The van der Waals surface area contributed by atoms with Gasteiger partial charge in [0.1, 0.15) is 12.1 Å². The molecule has 0 aliphatic carbocycles. The molecule has 0 radical (unpaired) electrons. The van der Waals surface area contributed by atoms with Crippen molar-refractivity contribution in [3.8, 4) is 11.6 Å². The summed E-state index contributed by atoms with van der Waals surface area (Å²) in [6, 6.07) is 7.05. The van der Waals surface area contributed by atoms with Gasteiger partial charge in [0.2, 0.25) is 5.82 Å². The number of benzene rings is 1. The van der Waals surface area contributed by atoms with E-state index in [4.69, 9.17) is 9.84 Å². The fourth-order valence-corrected chi connectivity index (χ4v) is 1.47. The molecule has 94 valence electrons. The van der Waals surface area contributed by atoms with E-state index in [-0.39, 0.29) is 18.2 Å². The molecule has 4 nitrogen and oxygen atoms in total. The highest BCUT2D eigenvalue weighted by molar-refractivity contribution is 5.31. The fourth-order valence-electron chi connectivity index (χ4n) is 1.47. The highest BCUT2D eigenvalue weighted by Crippen LogP contribution is 2.23. The molecular weight excluding hydrogens is 235 g/mol. The largest absolute Gasteiger partial charge is 0.436 e. The molecule has 5 heteroatoms. The summed E-state index contributed by atoms with van der Waals surface area (Å²) in [6.45, 7) is 1.65. The second-order valence-electron chi connectivity index (χ2n) is 3.80. The summed E-state index contributed by atoms with van der Waals surface area (Å²) in [7, 11) is 0. The van der Waals surface area contributed by atoms with E-state index in [1.807, 2.05) is 12.1 Å². The van der Waals surface area contributed by atoms with Crippen LogP contribution in [0, 0.1) is 12.7 Å². The zero-order valence-corrected chi connectivity index (χ0v) is 9.93. The minimum atomic E-state index is -0.558. The topological polar surface area (TPSA) is 55.2 Å². The Kier molecular flexibility index (Phi) is 3.84. The number of aryl methyl sites for hydroxylation is 1. The second-order valence-corrected chi connectivity index (χ2v) is 3.80. The van der Waals surface area contributed by atoms with Crippen molar-refractivity contribution in [3.63, 3.8) is 0 Å². The molecule has 18 heavy (non-hydrogen) atoms. The van der Waals surface area contributed by atoms with Crippen molar-refractivity contribution < 1.29 is 14.2 Å². The summed E-state index contributed by atoms with van der Waals surface area (Å²) < 4.78 is 18.9. The molecule has 1 N–H and O–H groups in total. The smallest absolute Gasteiger partial charge is 0.259 e. The van der Waals surface area contributed by atoms with E-state index in [0.717, 1.165) is 5.56 Å². The lowest BCUT2D eigenvalue weighted by atomic mass is 10.1. The van der Waals surface area contributed by atoms with Crippen molar-refractivity contribution in [3.05, 3.63) is 47.7 Å². The molecule has 0 bridgehead atoms. The third-order valence-corrected chi connectivity index (χ3v) is 2.47. The maximum atomic E-state index is 13.6. The van der Waals surface area contributed by atoms with Crippen LogP contribution in [-0.2, 0) is 6.42 Å². The number of aliphatic hydroxyl groups excluding tert-OH is 1. The van der Waals surface area contributed by atoms with Crippen LogP contribution in [0.25, 0.3) is 0 Å². The minimum absolute atomic E-state index is 0.0857. The molecule has 2 rings (SSSR count). The number of halogens is 1. The normalized spacial score (nSPS) is 10.4. The van der Waals surface area contributed by atoms with Crippen LogP contribution in [0.3, 0.4) is 0 Å². The Morgan fingerprint density at radius 2 is 1.94 bits per heavy atom. The van der Waals surface area contributed by atoms with Gasteiger partial charge in [-0.3, -0.25) is 0 Å².